The Morgan fingerprint density at radius 1 is 0.875 bits per heavy atom. The Morgan fingerprint density at radius 2 is 1.59 bits per heavy atom. The lowest BCUT2D eigenvalue weighted by atomic mass is 10.2. The third-order valence-corrected chi connectivity index (χ3v) is 4.22. The summed E-state index contributed by atoms with van der Waals surface area (Å²) in [5.74, 6) is -1.09. The maximum atomic E-state index is 12.2. The van der Waals surface area contributed by atoms with Crippen LogP contribution in [-0.2, 0) is 4.84 Å². The number of phenolic OH excluding ortho intramolecular Hbond substituents is 2. The summed E-state index contributed by atoms with van der Waals surface area (Å²) < 4.78 is 10.3. The first-order valence-corrected chi connectivity index (χ1v) is 9.18. The molecule has 0 spiro atoms. The maximum Gasteiger partial charge on any atom is 0.362 e. The van der Waals surface area contributed by atoms with Crippen molar-refractivity contribution in [2.24, 2.45) is 10.2 Å². The van der Waals surface area contributed by atoms with E-state index in [-0.39, 0.29) is 16.9 Å². The van der Waals surface area contributed by atoms with Gasteiger partial charge in [0.1, 0.15) is 11.5 Å². The van der Waals surface area contributed by atoms with Crippen LogP contribution >= 0.6 is 0 Å². The van der Waals surface area contributed by atoms with E-state index < -0.39 is 17.6 Å². The molecule has 0 aromatic heterocycles. The molecule has 0 heterocycles. The van der Waals surface area contributed by atoms with Crippen molar-refractivity contribution in [3.63, 3.8) is 0 Å². The number of amides is 1. The summed E-state index contributed by atoms with van der Waals surface area (Å²) in [6.07, 6.45) is 0. The van der Waals surface area contributed by atoms with E-state index in [2.05, 4.69) is 15.7 Å². The fourth-order valence-electron chi connectivity index (χ4n) is 2.58. The molecule has 0 unspecified atom stereocenters. The van der Waals surface area contributed by atoms with Gasteiger partial charge in [-0.2, -0.15) is 0 Å². The first kappa shape index (κ1) is 22.1. The van der Waals surface area contributed by atoms with Gasteiger partial charge < -0.3 is 24.5 Å². The second kappa shape index (κ2) is 9.94. The predicted molar refractivity (Wildman–Crippen MR) is 114 cm³/mol. The number of carbonyl (C=O) groups is 2. The largest absolute Gasteiger partial charge is 0.508 e. The highest BCUT2D eigenvalue weighted by molar-refractivity contribution is 5.97. The molecule has 3 rings (SSSR count). The van der Waals surface area contributed by atoms with E-state index in [1.807, 2.05) is 0 Å². The van der Waals surface area contributed by atoms with E-state index in [1.165, 1.54) is 38.5 Å². The average Bonchev–Trinajstić information content (AvgIpc) is 2.81. The van der Waals surface area contributed by atoms with Gasteiger partial charge in [-0.05, 0) is 54.6 Å². The van der Waals surface area contributed by atoms with Crippen molar-refractivity contribution in [2.45, 2.75) is 0 Å². The Balaban J connectivity index is 1.59. The van der Waals surface area contributed by atoms with Gasteiger partial charge in [-0.15, -0.1) is 10.2 Å². The normalized spacial score (nSPS) is 10.6. The molecule has 10 heteroatoms. The second-order valence-corrected chi connectivity index (χ2v) is 6.31. The zero-order valence-corrected chi connectivity index (χ0v) is 17.1. The summed E-state index contributed by atoms with van der Waals surface area (Å²) in [5.41, 5.74) is 3.51. The molecule has 32 heavy (non-hydrogen) atoms. The number of phenols is 2. The number of nitrogens with one attached hydrogen (secondary N) is 1. The summed E-state index contributed by atoms with van der Waals surface area (Å²) in [6, 6.07) is 14.4. The highest BCUT2D eigenvalue weighted by Gasteiger charge is 2.13. The van der Waals surface area contributed by atoms with Crippen molar-refractivity contribution in [2.75, 3.05) is 19.7 Å². The summed E-state index contributed by atoms with van der Waals surface area (Å²) in [5, 5.41) is 26.3. The van der Waals surface area contributed by atoms with Gasteiger partial charge in [0.25, 0.3) is 5.91 Å². The van der Waals surface area contributed by atoms with E-state index in [1.54, 1.807) is 30.3 Å². The number of carbonyl (C=O) groups excluding carboxylic acids is 2. The fourth-order valence-corrected chi connectivity index (χ4v) is 2.58. The fraction of sp³-hybridized carbons (Fsp3) is 0.0909. The summed E-state index contributed by atoms with van der Waals surface area (Å²) in [7, 11) is 2.96. The van der Waals surface area contributed by atoms with Gasteiger partial charge in [0.2, 0.25) is 0 Å². The molecule has 3 aromatic rings. The maximum absolute atomic E-state index is 12.2. The van der Waals surface area contributed by atoms with Crippen LogP contribution in [0, 0.1) is 0 Å². The van der Waals surface area contributed by atoms with Crippen molar-refractivity contribution in [3.05, 3.63) is 71.8 Å². The number of hydrogen-bond acceptors (Lipinski definition) is 9. The Kier molecular flexibility index (Phi) is 6.86. The van der Waals surface area contributed by atoms with Crippen molar-refractivity contribution < 1.29 is 34.1 Å². The van der Waals surface area contributed by atoms with Crippen LogP contribution in [0.25, 0.3) is 0 Å². The topological polar surface area (TPSA) is 139 Å². The lowest BCUT2D eigenvalue weighted by molar-refractivity contribution is 0.0595. The van der Waals surface area contributed by atoms with E-state index in [9.17, 15) is 19.8 Å². The lowest BCUT2D eigenvalue weighted by Crippen LogP contribution is -2.11. The third kappa shape index (κ3) is 5.30. The molecule has 3 N–H and O–H groups in total. The molecule has 0 saturated heterocycles. The smallest absolute Gasteiger partial charge is 0.362 e. The molecule has 0 aliphatic heterocycles. The Bertz CT molecular complexity index is 1160. The Morgan fingerprint density at radius 3 is 2.25 bits per heavy atom. The second-order valence-electron chi connectivity index (χ2n) is 6.31. The van der Waals surface area contributed by atoms with E-state index >= 15 is 0 Å². The molecular formula is C22H19N3O7. The van der Waals surface area contributed by atoms with Crippen molar-refractivity contribution in [1.29, 1.82) is 0 Å². The molecule has 0 fully saturated rings. The van der Waals surface area contributed by atoms with E-state index in [4.69, 9.17) is 14.3 Å². The first-order chi connectivity index (χ1) is 15.4. The minimum absolute atomic E-state index is 0.0908. The van der Waals surface area contributed by atoms with E-state index in [0.29, 0.717) is 22.9 Å². The van der Waals surface area contributed by atoms with Gasteiger partial charge in [-0.25, -0.2) is 10.3 Å². The number of nitrogens with zero attached hydrogens (tertiary/aromatic N) is 2. The van der Waals surface area contributed by atoms with Gasteiger partial charge in [-0.1, -0.05) is 0 Å². The molecule has 0 radical (unpaired) electrons. The molecule has 3 aromatic carbocycles. The van der Waals surface area contributed by atoms with Crippen LogP contribution in [0.15, 0.2) is 70.9 Å². The van der Waals surface area contributed by atoms with E-state index in [0.717, 1.165) is 6.07 Å². The standard InChI is InChI=1S/C22H19N3O7/c1-30-19-10-3-13(11-20(19)31-2)22(29)32-25-15-6-4-14(5-7-15)23-24-21(28)17-9-8-16(26)12-18(17)27/h3-12,25-27H,1-2H3. The SMILES string of the molecule is COc1ccc(C(=O)ONc2ccc(N=NC(=O)c3ccc(O)cc3O)cc2)cc1OC. The van der Waals surface area contributed by atoms with Crippen LogP contribution in [0.2, 0.25) is 0 Å². The Labute approximate surface area is 182 Å². The monoisotopic (exact) mass is 437 g/mol. The van der Waals surface area contributed by atoms with Crippen LogP contribution in [0.3, 0.4) is 0 Å². The van der Waals surface area contributed by atoms with Crippen LogP contribution in [-0.4, -0.2) is 36.3 Å². The summed E-state index contributed by atoms with van der Waals surface area (Å²) >= 11 is 0. The minimum Gasteiger partial charge on any atom is -0.508 e. The van der Waals surface area contributed by atoms with Gasteiger partial charge in [0.05, 0.1) is 36.7 Å². The molecule has 0 aliphatic carbocycles. The van der Waals surface area contributed by atoms with Crippen molar-refractivity contribution in [3.8, 4) is 23.0 Å². The number of benzene rings is 3. The molecule has 0 bridgehead atoms. The molecule has 0 saturated carbocycles. The zero-order valence-electron chi connectivity index (χ0n) is 17.1. The molecule has 0 atom stereocenters. The van der Waals surface area contributed by atoms with Crippen LogP contribution < -0.4 is 15.0 Å². The minimum atomic E-state index is -0.770. The van der Waals surface area contributed by atoms with Crippen molar-refractivity contribution >= 4 is 23.3 Å². The third-order valence-electron chi connectivity index (χ3n) is 4.22. The number of aromatic hydroxyl groups is 2. The number of hydrogen-bond donors (Lipinski definition) is 3. The van der Waals surface area contributed by atoms with Gasteiger partial charge >= 0.3 is 5.97 Å². The molecular weight excluding hydrogens is 418 g/mol. The summed E-state index contributed by atoms with van der Waals surface area (Å²) in [6.45, 7) is 0. The lowest BCUT2D eigenvalue weighted by Gasteiger charge is -2.10. The zero-order chi connectivity index (χ0) is 23.1. The highest BCUT2D eigenvalue weighted by Crippen LogP contribution is 2.28. The highest BCUT2D eigenvalue weighted by atomic mass is 16.7. The van der Waals surface area contributed by atoms with Gasteiger partial charge in [0, 0.05) is 6.07 Å². The van der Waals surface area contributed by atoms with Gasteiger partial charge in [0.15, 0.2) is 11.5 Å². The van der Waals surface area contributed by atoms with Crippen molar-refractivity contribution in [1.82, 2.24) is 0 Å². The van der Waals surface area contributed by atoms with Crippen LogP contribution in [0.4, 0.5) is 11.4 Å². The quantitative estimate of drug-likeness (QED) is 0.369. The first-order valence-electron chi connectivity index (χ1n) is 9.18. The van der Waals surface area contributed by atoms with Crippen LogP contribution in [0.1, 0.15) is 20.7 Å². The average molecular weight is 437 g/mol. The number of methoxy groups -OCH3 is 2. The number of ether oxygens (including phenoxy) is 2. The number of azo groups is 1. The number of rotatable bonds is 7. The molecule has 10 nitrogen and oxygen atoms in total. The van der Waals surface area contributed by atoms with Crippen LogP contribution in [0.5, 0.6) is 23.0 Å². The summed E-state index contributed by atoms with van der Waals surface area (Å²) in [4.78, 5) is 29.3. The predicted octanol–water partition coefficient (Wildman–Crippen LogP) is 4.22. The van der Waals surface area contributed by atoms with Gasteiger partial charge in [-0.3, -0.25) is 4.79 Å². The molecule has 1 amide bonds. The molecule has 164 valence electrons. The molecule has 0 aliphatic rings. The Hall–Kier alpha value is -4.60. The number of anilines is 1.